The Hall–Kier alpha value is -4.00. The van der Waals surface area contributed by atoms with Gasteiger partial charge in [0.2, 0.25) is 0 Å². The van der Waals surface area contributed by atoms with Crippen molar-refractivity contribution in [3.8, 4) is 11.1 Å². The Kier molecular flexibility index (Phi) is 5.66. The number of rotatable bonds is 4. The van der Waals surface area contributed by atoms with E-state index in [1.165, 1.54) is 28.9 Å². The lowest BCUT2D eigenvalue weighted by Gasteiger charge is -2.37. The van der Waals surface area contributed by atoms with E-state index in [1.54, 1.807) is 17.0 Å². The molecule has 0 unspecified atom stereocenters. The van der Waals surface area contributed by atoms with Crippen molar-refractivity contribution < 1.29 is 17.6 Å². The van der Waals surface area contributed by atoms with Crippen molar-refractivity contribution in [2.75, 3.05) is 24.3 Å². The third-order valence-electron chi connectivity index (χ3n) is 6.54. The summed E-state index contributed by atoms with van der Waals surface area (Å²) >= 11 is 0. The van der Waals surface area contributed by atoms with E-state index in [1.807, 2.05) is 6.92 Å². The number of amides is 1. The molecule has 1 fully saturated rings. The first-order valence-electron chi connectivity index (χ1n) is 11.3. The molecule has 0 radical (unpaired) electrons. The van der Waals surface area contributed by atoms with Crippen LogP contribution in [-0.2, 0) is 9.84 Å². The van der Waals surface area contributed by atoms with Gasteiger partial charge in [-0.2, -0.15) is 14.7 Å². The van der Waals surface area contributed by atoms with Crippen LogP contribution in [-0.4, -0.2) is 62.9 Å². The molecule has 0 saturated carbocycles. The van der Waals surface area contributed by atoms with Crippen molar-refractivity contribution in [2.24, 2.45) is 0 Å². The molecule has 1 aliphatic rings. The van der Waals surface area contributed by atoms with Gasteiger partial charge in [0.05, 0.1) is 11.9 Å². The number of fused-ring (bicyclic) bond motifs is 1. The van der Waals surface area contributed by atoms with Gasteiger partial charge in [0.15, 0.2) is 15.5 Å². The van der Waals surface area contributed by atoms with E-state index in [0.717, 1.165) is 6.26 Å². The van der Waals surface area contributed by atoms with Crippen molar-refractivity contribution in [3.05, 3.63) is 53.7 Å². The number of likely N-dealkylation sites (tertiary alicyclic amines) is 1. The lowest BCUT2D eigenvalue weighted by Crippen LogP contribution is -2.44. The fraction of sp³-hybridized carbons (Fsp3) is 0.304. The molecular formula is C23H25FN8O3S. The van der Waals surface area contributed by atoms with Crippen LogP contribution < -0.4 is 11.5 Å². The van der Waals surface area contributed by atoms with Crippen LogP contribution in [0.1, 0.15) is 41.9 Å². The second-order valence-electron chi connectivity index (χ2n) is 9.06. The highest BCUT2D eigenvalue weighted by atomic mass is 32.2. The molecule has 1 aliphatic heterocycles. The van der Waals surface area contributed by atoms with Gasteiger partial charge in [-0.25, -0.2) is 17.8 Å². The van der Waals surface area contributed by atoms with Crippen LogP contribution in [0.3, 0.4) is 0 Å². The predicted octanol–water partition coefficient (Wildman–Crippen LogP) is 2.23. The normalized spacial score (nSPS) is 18.6. The highest BCUT2D eigenvalue weighted by Crippen LogP contribution is 2.38. The van der Waals surface area contributed by atoms with Gasteiger partial charge < -0.3 is 16.4 Å². The number of benzene rings is 1. The minimum Gasteiger partial charge on any atom is -0.382 e. The van der Waals surface area contributed by atoms with Crippen molar-refractivity contribution >= 4 is 33.0 Å². The number of nitrogens with one attached hydrogen (secondary N) is 1. The number of anilines is 2. The largest absolute Gasteiger partial charge is 0.382 e. The van der Waals surface area contributed by atoms with E-state index in [0.29, 0.717) is 47.5 Å². The molecule has 0 bridgehead atoms. The number of H-pyrrole nitrogens is 1. The monoisotopic (exact) mass is 512 g/mol. The third kappa shape index (κ3) is 4.04. The summed E-state index contributed by atoms with van der Waals surface area (Å²) in [5, 5.41) is 10.7. The minimum absolute atomic E-state index is 0.0371. The van der Waals surface area contributed by atoms with E-state index < -0.39 is 9.84 Å². The third-order valence-corrected chi connectivity index (χ3v) is 7.70. The van der Waals surface area contributed by atoms with E-state index in [4.69, 9.17) is 16.5 Å². The number of nitrogens with zero attached hydrogens (tertiary/aromatic N) is 5. The highest BCUT2D eigenvalue weighted by molar-refractivity contribution is 7.91. The second-order valence-corrected chi connectivity index (χ2v) is 11.0. The van der Waals surface area contributed by atoms with Gasteiger partial charge in [-0.3, -0.25) is 9.89 Å². The minimum atomic E-state index is -3.76. The smallest absolute Gasteiger partial charge is 0.272 e. The molecule has 11 nitrogen and oxygen atoms in total. The quantitative estimate of drug-likeness (QED) is 0.374. The fourth-order valence-corrected chi connectivity index (χ4v) is 5.89. The van der Waals surface area contributed by atoms with Gasteiger partial charge in [0, 0.05) is 36.4 Å². The molecule has 0 spiro atoms. The second kappa shape index (κ2) is 8.59. The van der Waals surface area contributed by atoms with Crippen molar-refractivity contribution in [1.82, 2.24) is 29.7 Å². The van der Waals surface area contributed by atoms with Gasteiger partial charge in [-0.05, 0) is 37.5 Å². The first-order chi connectivity index (χ1) is 17.0. The Morgan fingerprint density at radius 1 is 1.22 bits per heavy atom. The maximum Gasteiger partial charge on any atom is 0.272 e. The molecule has 188 valence electrons. The molecule has 13 heteroatoms. The van der Waals surface area contributed by atoms with Gasteiger partial charge >= 0.3 is 0 Å². The summed E-state index contributed by atoms with van der Waals surface area (Å²) in [6, 6.07) is 7.13. The zero-order valence-electron chi connectivity index (χ0n) is 19.6. The lowest BCUT2D eigenvalue weighted by atomic mass is 9.88. The molecule has 5 rings (SSSR count). The Balaban J connectivity index is 1.56. The van der Waals surface area contributed by atoms with Gasteiger partial charge in [0.1, 0.15) is 28.0 Å². The average molecular weight is 513 g/mol. The molecule has 36 heavy (non-hydrogen) atoms. The molecule has 4 heterocycles. The number of nitrogen functional groups attached to an aromatic ring is 2. The van der Waals surface area contributed by atoms with Crippen molar-refractivity contribution in [1.29, 1.82) is 0 Å². The molecule has 4 aromatic rings. The SMILES string of the molecule is C[C@H]1C[C@H](c2nc3c(-c4ccc(F)cc4)cnn3c(N)c2S(C)(=O)=O)CCN1C(=O)c1cc(N)n[nH]1. The summed E-state index contributed by atoms with van der Waals surface area (Å²) < 4.78 is 40.4. The number of piperidine rings is 1. The lowest BCUT2D eigenvalue weighted by molar-refractivity contribution is 0.0607. The molecule has 2 atom stereocenters. The molecule has 1 aromatic carbocycles. The first-order valence-corrected chi connectivity index (χ1v) is 13.2. The van der Waals surface area contributed by atoms with Gasteiger partial charge in [0.25, 0.3) is 5.91 Å². The van der Waals surface area contributed by atoms with E-state index in [2.05, 4.69) is 15.3 Å². The van der Waals surface area contributed by atoms with Crippen molar-refractivity contribution in [3.63, 3.8) is 0 Å². The summed E-state index contributed by atoms with van der Waals surface area (Å²) in [7, 11) is -3.76. The maximum atomic E-state index is 13.5. The fourth-order valence-electron chi connectivity index (χ4n) is 4.83. The topological polar surface area (TPSA) is 165 Å². The Morgan fingerprint density at radius 3 is 2.56 bits per heavy atom. The number of nitrogens with two attached hydrogens (primary N) is 2. The predicted molar refractivity (Wildman–Crippen MR) is 131 cm³/mol. The zero-order chi connectivity index (χ0) is 25.8. The average Bonchev–Trinajstić information content (AvgIpc) is 3.45. The summed E-state index contributed by atoms with van der Waals surface area (Å²) in [5.74, 6) is -0.695. The van der Waals surface area contributed by atoms with E-state index in [-0.39, 0.29) is 40.2 Å². The summed E-state index contributed by atoms with van der Waals surface area (Å²) in [6.45, 7) is 2.28. The van der Waals surface area contributed by atoms with Crippen LogP contribution in [0.5, 0.6) is 0 Å². The number of hydrogen-bond donors (Lipinski definition) is 3. The summed E-state index contributed by atoms with van der Waals surface area (Å²) in [5.41, 5.74) is 14.3. The molecule has 5 N–H and O–H groups in total. The summed E-state index contributed by atoms with van der Waals surface area (Å²) in [4.78, 5) is 19.3. The highest BCUT2D eigenvalue weighted by Gasteiger charge is 2.35. The van der Waals surface area contributed by atoms with Crippen LogP contribution in [0.15, 0.2) is 41.4 Å². The number of aromatic amines is 1. The van der Waals surface area contributed by atoms with Crippen LogP contribution in [0, 0.1) is 5.82 Å². The Bertz CT molecular complexity index is 1580. The Morgan fingerprint density at radius 2 is 1.94 bits per heavy atom. The van der Waals surface area contributed by atoms with Crippen molar-refractivity contribution in [2.45, 2.75) is 36.6 Å². The number of hydrogen-bond acceptors (Lipinski definition) is 8. The van der Waals surface area contributed by atoms with E-state index in [9.17, 15) is 17.6 Å². The summed E-state index contributed by atoms with van der Waals surface area (Å²) in [6.07, 6.45) is 3.57. The number of aromatic nitrogens is 5. The molecule has 1 amide bonds. The van der Waals surface area contributed by atoms with Crippen LogP contribution in [0.2, 0.25) is 0 Å². The van der Waals surface area contributed by atoms with Crippen LogP contribution in [0.4, 0.5) is 16.0 Å². The number of carbonyl (C=O) groups is 1. The van der Waals surface area contributed by atoms with E-state index >= 15 is 0 Å². The maximum absolute atomic E-state index is 13.5. The first kappa shape index (κ1) is 23.7. The molecule has 3 aromatic heterocycles. The van der Waals surface area contributed by atoms with Crippen LogP contribution >= 0.6 is 0 Å². The zero-order valence-corrected chi connectivity index (χ0v) is 20.5. The Labute approximate surface area is 206 Å². The standard InChI is InChI=1S/C23H25FN8O3S/c1-12-9-14(7-8-31(12)23(33)17-10-18(25)30-29-17)19-20(36(2,34)35)21(26)32-22(28-19)16(11-27-32)13-3-5-15(24)6-4-13/h3-6,10-12,14H,7-9,26H2,1-2H3,(H3,25,29,30)/t12-,14+/m0/s1. The number of halogens is 1. The number of sulfone groups is 1. The molecular weight excluding hydrogens is 487 g/mol. The molecule has 0 aliphatic carbocycles. The van der Waals surface area contributed by atoms with Gasteiger partial charge in [-0.15, -0.1) is 0 Å². The number of carbonyl (C=O) groups excluding carboxylic acids is 1. The van der Waals surface area contributed by atoms with Crippen LogP contribution in [0.25, 0.3) is 16.8 Å². The van der Waals surface area contributed by atoms with Gasteiger partial charge in [-0.1, -0.05) is 12.1 Å². The molecule has 1 saturated heterocycles.